The number of hydrogen-bond acceptors (Lipinski definition) is 4. The minimum atomic E-state index is -0.138. The van der Waals surface area contributed by atoms with Crippen LogP contribution in [-0.2, 0) is 4.79 Å². The van der Waals surface area contributed by atoms with Crippen LogP contribution in [0, 0.1) is 0 Å². The van der Waals surface area contributed by atoms with Gasteiger partial charge in [0.25, 0.3) is 5.91 Å². The van der Waals surface area contributed by atoms with E-state index in [1.807, 2.05) is 19.1 Å². The molecule has 5 nitrogen and oxygen atoms in total. The highest BCUT2D eigenvalue weighted by molar-refractivity contribution is 5.84. The van der Waals surface area contributed by atoms with E-state index < -0.39 is 0 Å². The first-order valence-electron chi connectivity index (χ1n) is 5.39. The molecule has 1 amide bonds. The SMILES string of the molecule is CCNC(=O)COc1cccc2ncncc12. The summed E-state index contributed by atoms with van der Waals surface area (Å²) in [6, 6.07) is 5.50. The molecule has 1 aromatic carbocycles. The van der Waals surface area contributed by atoms with Crippen LogP contribution in [0.25, 0.3) is 10.9 Å². The highest BCUT2D eigenvalue weighted by Crippen LogP contribution is 2.22. The van der Waals surface area contributed by atoms with Crippen molar-refractivity contribution in [2.45, 2.75) is 6.92 Å². The van der Waals surface area contributed by atoms with Gasteiger partial charge in [0.15, 0.2) is 6.61 Å². The van der Waals surface area contributed by atoms with Gasteiger partial charge in [0.1, 0.15) is 12.1 Å². The Balaban J connectivity index is 2.16. The van der Waals surface area contributed by atoms with Crippen LogP contribution in [0.3, 0.4) is 0 Å². The Morgan fingerprint density at radius 3 is 3.18 bits per heavy atom. The minimum absolute atomic E-state index is 0.00183. The van der Waals surface area contributed by atoms with Crippen LogP contribution in [0.2, 0.25) is 0 Å². The molecule has 0 bridgehead atoms. The molecule has 0 aliphatic rings. The van der Waals surface area contributed by atoms with E-state index in [4.69, 9.17) is 4.74 Å². The number of benzene rings is 1. The van der Waals surface area contributed by atoms with Crippen LogP contribution < -0.4 is 10.1 Å². The Bertz CT molecular complexity index is 523. The van der Waals surface area contributed by atoms with Gasteiger partial charge < -0.3 is 10.1 Å². The Kier molecular flexibility index (Phi) is 3.49. The fraction of sp³-hybridized carbons (Fsp3) is 0.250. The number of hydrogen-bond donors (Lipinski definition) is 1. The van der Waals surface area contributed by atoms with Gasteiger partial charge in [-0.25, -0.2) is 9.97 Å². The van der Waals surface area contributed by atoms with E-state index in [1.165, 1.54) is 6.33 Å². The van der Waals surface area contributed by atoms with Crippen molar-refractivity contribution < 1.29 is 9.53 Å². The number of amides is 1. The van der Waals surface area contributed by atoms with E-state index in [2.05, 4.69) is 15.3 Å². The van der Waals surface area contributed by atoms with Crippen molar-refractivity contribution in [2.75, 3.05) is 13.2 Å². The summed E-state index contributed by atoms with van der Waals surface area (Å²) in [5.41, 5.74) is 0.799. The highest BCUT2D eigenvalue weighted by atomic mass is 16.5. The number of rotatable bonds is 4. The molecule has 2 aromatic rings. The van der Waals surface area contributed by atoms with Gasteiger partial charge in [-0.3, -0.25) is 4.79 Å². The molecular weight excluding hydrogens is 218 g/mol. The van der Waals surface area contributed by atoms with Crippen LogP contribution in [0.15, 0.2) is 30.7 Å². The lowest BCUT2D eigenvalue weighted by molar-refractivity contribution is -0.122. The summed E-state index contributed by atoms with van der Waals surface area (Å²) in [5, 5.41) is 3.47. The number of ether oxygens (including phenoxy) is 1. The molecule has 0 atom stereocenters. The second kappa shape index (κ2) is 5.25. The Labute approximate surface area is 98.8 Å². The maximum atomic E-state index is 11.3. The zero-order chi connectivity index (χ0) is 12.1. The Morgan fingerprint density at radius 2 is 2.35 bits per heavy atom. The van der Waals surface area contributed by atoms with Crippen molar-refractivity contribution in [3.05, 3.63) is 30.7 Å². The van der Waals surface area contributed by atoms with E-state index >= 15 is 0 Å². The van der Waals surface area contributed by atoms with Crippen molar-refractivity contribution in [1.29, 1.82) is 0 Å². The van der Waals surface area contributed by atoms with Crippen molar-refractivity contribution in [2.24, 2.45) is 0 Å². The second-order valence-electron chi connectivity index (χ2n) is 3.45. The quantitative estimate of drug-likeness (QED) is 0.857. The number of carbonyl (C=O) groups is 1. The normalized spacial score (nSPS) is 10.2. The van der Waals surface area contributed by atoms with E-state index in [-0.39, 0.29) is 12.5 Å². The highest BCUT2D eigenvalue weighted by Gasteiger charge is 2.05. The van der Waals surface area contributed by atoms with Crippen molar-refractivity contribution in [3.63, 3.8) is 0 Å². The summed E-state index contributed by atoms with van der Waals surface area (Å²) in [6.07, 6.45) is 3.16. The maximum absolute atomic E-state index is 11.3. The average molecular weight is 231 g/mol. The first-order valence-corrected chi connectivity index (χ1v) is 5.39. The van der Waals surface area contributed by atoms with Gasteiger partial charge in [-0.15, -0.1) is 0 Å². The second-order valence-corrected chi connectivity index (χ2v) is 3.45. The fourth-order valence-corrected chi connectivity index (χ4v) is 1.50. The number of fused-ring (bicyclic) bond motifs is 1. The number of carbonyl (C=O) groups excluding carboxylic acids is 1. The fourth-order valence-electron chi connectivity index (χ4n) is 1.50. The van der Waals surface area contributed by atoms with Crippen LogP contribution in [-0.4, -0.2) is 29.0 Å². The van der Waals surface area contributed by atoms with Gasteiger partial charge in [0.2, 0.25) is 0 Å². The summed E-state index contributed by atoms with van der Waals surface area (Å²) < 4.78 is 5.44. The number of nitrogens with one attached hydrogen (secondary N) is 1. The third-order valence-corrected chi connectivity index (χ3v) is 2.24. The van der Waals surface area contributed by atoms with Gasteiger partial charge in [0.05, 0.1) is 10.9 Å². The van der Waals surface area contributed by atoms with E-state index in [1.54, 1.807) is 12.3 Å². The van der Waals surface area contributed by atoms with Gasteiger partial charge in [0, 0.05) is 12.7 Å². The average Bonchev–Trinajstić information content (AvgIpc) is 2.36. The molecule has 17 heavy (non-hydrogen) atoms. The monoisotopic (exact) mass is 231 g/mol. The zero-order valence-corrected chi connectivity index (χ0v) is 9.51. The lowest BCUT2D eigenvalue weighted by atomic mass is 10.2. The van der Waals surface area contributed by atoms with Crippen LogP contribution in [0.1, 0.15) is 6.92 Å². The summed E-state index contributed by atoms with van der Waals surface area (Å²) in [7, 11) is 0. The van der Waals surface area contributed by atoms with Crippen LogP contribution in [0.4, 0.5) is 0 Å². The summed E-state index contributed by atoms with van der Waals surface area (Å²) >= 11 is 0. The van der Waals surface area contributed by atoms with E-state index in [0.717, 1.165) is 10.9 Å². The number of aromatic nitrogens is 2. The van der Waals surface area contributed by atoms with Gasteiger partial charge in [-0.2, -0.15) is 0 Å². The third-order valence-electron chi connectivity index (χ3n) is 2.24. The molecule has 0 saturated heterocycles. The molecule has 88 valence electrons. The molecule has 1 heterocycles. The molecule has 2 rings (SSSR count). The lowest BCUT2D eigenvalue weighted by Gasteiger charge is -2.08. The van der Waals surface area contributed by atoms with Gasteiger partial charge in [-0.05, 0) is 19.1 Å². The van der Waals surface area contributed by atoms with Crippen LogP contribution >= 0.6 is 0 Å². The number of likely N-dealkylation sites (N-methyl/N-ethyl adjacent to an activating group) is 1. The lowest BCUT2D eigenvalue weighted by Crippen LogP contribution is -2.28. The molecular formula is C12H13N3O2. The van der Waals surface area contributed by atoms with Crippen molar-refractivity contribution in [1.82, 2.24) is 15.3 Å². The molecule has 0 radical (unpaired) electrons. The minimum Gasteiger partial charge on any atom is -0.483 e. The number of nitrogens with zero attached hydrogens (tertiary/aromatic N) is 2. The van der Waals surface area contributed by atoms with E-state index in [0.29, 0.717) is 12.3 Å². The molecule has 0 fully saturated rings. The predicted molar refractivity (Wildman–Crippen MR) is 63.7 cm³/mol. The third kappa shape index (κ3) is 2.69. The largest absolute Gasteiger partial charge is 0.483 e. The topological polar surface area (TPSA) is 64.1 Å². The molecule has 1 N–H and O–H groups in total. The Hall–Kier alpha value is -2.17. The van der Waals surface area contributed by atoms with Crippen molar-refractivity contribution in [3.8, 4) is 5.75 Å². The molecule has 0 saturated carbocycles. The van der Waals surface area contributed by atoms with E-state index in [9.17, 15) is 4.79 Å². The van der Waals surface area contributed by atoms with Crippen molar-refractivity contribution >= 4 is 16.8 Å². The molecule has 0 aliphatic carbocycles. The predicted octanol–water partition coefficient (Wildman–Crippen LogP) is 1.14. The zero-order valence-electron chi connectivity index (χ0n) is 9.51. The summed E-state index contributed by atoms with van der Waals surface area (Å²) in [6.45, 7) is 2.46. The molecule has 0 spiro atoms. The summed E-state index contributed by atoms with van der Waals surface area (Å²) in [4.78, 5) is 19.3. The molecule has 0 aliphatic heterocycles. The molecule has 5 heteroatoms. The van der Waals surface area contributed by atoms with Crippen LogP contribution in [0.5, 0.6) is 5.75 Å². The van der Waals surface area contributed by atoms with Gasteiger partial charge in [-0.1, -0.05) is 6.07 Å². The summed E-state index contributed by atoms with van der Waals surface area (Å²) in [5.74, 6) is 0.482. The first kappa shape index (κ1) is 11.3. The Morgan fingerprint density at radius 1 is 1.47 bits per heavy atom. The maximum Gasteiger partial charge on any atom is 0.257 e. The van der Waals surface area contributed by atoms with Gasteiger partial charge >= 0.3 is 0 Å². The first-order chi connectivity index (χ1) is 8.31. The molecule has 1 aromatic heterocycles. The smallest absolute Gasteiger partial charge is 0.257 e. The molecule has 0 unspecified atom stereocenters. The standard InChI is InChI=1S/C12H13N3O2/c1-2-14-12(16)7-17-11-5-3-4-10-9(11)6-13-8-15-10/h3-6,8H,2,7H2,1H3,(H,14,16).